The molecule has 0 aromatic carbocycles. The molecule has 0 aromatic heterocycles. The molecular formula is C108H229N15O2S. The Bertz CT molecular complexity index is 2610. The minimum atomic E-state index is -1.99. The second kappa shape index (κ2) is 59.2. The lowest BCUT2D eigenvalue weighted by Crippen LogP contribution is -2.50. The third kappa shape index (κ3) is 70.6. The molecule has 0 aliphatic carbocycles. The van der Waals surface area contributed by atoms with Crippen LogP contribution in [0.4, 0.5) is 0 Å². The maximum atomic E-state index is 11.7. The highest BCUT2D eigenvalue weighted by Crippen LogP contribution is 2.28. The molecule has 0 aromatic rings. The average Bonchev–Trinajstić information content (AvgIpc) is 0.857. The molecule has 10 rings (SSSR count). The maximum Gasteiger partial charge on any atom is 0.219 e. The van der Waals surface area contributed by atoms with Crippen molar-refractivity contribution in [3.8, 4) is 0 Å². The molecule has 1 atom stereocenters. The highest BCUT2D eigenvalue weighted by atomic mass is 32.2. The molecule has 17 nitrogen and oxygen atoms in total. The van der Waals surface area contributed by atoms with Gasteiger partial charge in [0, 0.05) is 225 Å². The van der Waals surface area contributed by atoms with E-state index in [2.05, 4.69) is 326 Å². The van der Waals surface area contributed by atoms with E-state index in [-0.39, 0.29) is 5.91 Å². The van der Waals surface area contributed by atoms with Gasteiger partial charge in [0.05, 0.1) is 0 Å². The van der Waals surface area contributed by atoms with Crippen LogP contribution in [0, 0.1) is 71.9 Å². The Kier molecular flexibility index (Phi) is 57.7. The summed E-state index contributed by atoms with van der Waals surface area (Å²) in [7, 11) is 0.216. The van der Waals surface area contributed by atoms with Crippen LogP contribution in [0.25, 0.3) is 0 Å². The molecular weight excluding hydrogens is 1570 g/mol. The quantitative estimate of drug-likeness (QED) is 0.164. The topological polar surface area (TPSA) is 82.7 Å². The number of hydrogen-bond donors (Lipinski definition) is 0. The Morgan fingerprint density at radius 3 is 0.667 bits per heavy atom. The summed E-state index contributed by atoms with van der Waals surface area (Å²) in [5.41, 5.74) is 4.44. The second-order valence-electron chi connectivity index (χ2n) is 53.8. The van der Waals surface area contributed by atoms with Gasteiger partial charge in [-0.1, -0.05) is 248 Å². The van der Waals surface area contributed by atoms with Gasteiger partial charge in [0.25, 0.3) is 0 Å². The molecule has 18 heteroatoms. The zero-order valence-corrected chi connectivity index (χ0v) is 93.7. The standard InChI is InChI=1S/C12H26N2.C11H24N2OS.C11H22N2O.C11H24N2.3C11H23N.C10H22N2.2C10H21N/c1-11(2)14-8-6-13(7-9-14)10-12(3,4)5;1-11(2,3)10-12-6-8-13(9-7-12)15(4,5)14;1-10(14)13-7-5-12(6-8-13)9-11(2,3)4;1-5-12-6-8-13(9-7-12)10-11(2,3)4;3*1-10-5-7-12(8-6-10)9-11(2,3)4;1-10(2,3)9-12-7-5-11(4)6-8-12;2*1-10(2,3)9-11-7-5-4-6-8-11/h11H,6-10H2,1-5H3;4,6-10H2,1-3,5H3;5-9H2,1-4H3;5-10H2,1-4H3;3*10H,5-9H2,1-4H3;5-9H2,1-4H3;2*4-9H2,1-3H3. The van der Waals surface area contributed by atoms with Gasteiger partial charge in [0.2, 0.25) is 5.91 Å². The van der Waals surface area contributed by atoms with Crippen molar-refractivity contribution in [2.45, 2.75) is 339 Å². The highest BCUT2D eigenvalue weighted by Gasteiger charge is 2.30. The van der Waals surface area contributed by atoms with Gasteiger partial charge in [-0.25, -0.2) is 4.31 Å². The fourth-order valence-electron chi connectivity index (χ4n) is 18.8. The Labute approximate surface area is 791 Å². The summed E-state index contributed by atoms with van der Waals surface area (Å²) >= 11 is 0. The fourth-order valence-corrected chi connectivity index (χ4v) is 19.7. The van der Waals surface area contributed by atoms with Gasteiger partial charge >= 0.3 is 0 Å². The predicted octanol–water partition coefficient (Wildman–Crippen LogP) is 20.4. The molecule has 126 heavy (non-hydrogen) atoms. The molecule has 0 spiro atoms. The van der Waals surface area contributed by atoms with Gasteiger partial charge in [-0.05, 0) is 235 Å². The van der Waals surface area contributed by atoms with E-state index in [9.17, 15) is 9.00 Å². The smallest absolute Gasteiger partial charge is 0.219 e. The monoisotopic (exact) mass is 1800 g/mol. The zero-order chi connectivity index (χ0) is 96.5. The van der Waals surface area contributed by atoms with E-state index >= 15 is 0 Å². The number of likely N-dealkylation sites (N-methyl/N-ethyl adjacent to an activating group) is 2. The minimum Gasteiger partial charge on any atom is -0.340 e. The van der Waals surface area contributed by atoms with Gasteiger partial charge < -0.3 is 58.8 Å². The zero-order valence-electron chi connectivity index (χ0n) is 92.9. The molecule has 10 aliphatic heterocycles. The number of likely N-dealkylation sites (tertiary alicyclic amines) is 5. The predicted molar refractivity (Wildman–Crippen MR) is 563 cm³/mol. The van der Waals surface area contributed by atoms with Gasteiger partial charge in [-0.15, -0.1) is 0 Å². The Balaban J connectivity index is 0.000000701. The number of piperidine rings is 5. The first-order valence-corrected chi connectivity index (χ1v) is 54.3. The number of piperazine rings is 5. The van der Waals surface area contributed by atoms with E-state index in [0.29, 0.717) is 60.2 Å². The van der Waals surface area contributed by atoms with Gasteiger partial charge in [0.15, 0.2) is 0 Å². The van der Waals surface area contributed by atoms with E-state index in [1.807, 2.05) is 9.21 Å². The summed E-state index contributed by atoms with van der Waals surface area (Å²) in [5.74, 6) is 6.82. The lowest BCUT2D eigenvalue weighted by molar-refractivity contribution is -0.130. The third-order valence-corrected chi connectivity index (χ3v) is 26.3. The van der Waals surface area contributed by atoms with E-state index in [4.69, 9.17) is 0 Å². The van der Waals surface area contributed by atoms with Crippen molar-refractivity contribution in [3.63, 3.8) is 0 Å². The molecule has 10 heterocycles. The van der Waals surface area contributed by atoms with Gasteiger partial charge in [-0.3, -0.25) is 18.8 Å². The summed E-state index contributed by atoms with van der Waals surface area (Å²) in [6, 6.07) is 0.715. The van der Waals surface area contributed by atoms with Crippen molar-refractivity contribution in [3.05, 3.63) is 0 Å². The van der Waals surface area contributed by atoms with Crippen LogP contribution in [0.5, 0.6) is 0 Å². The van der Waals surface area contributed by atoms with Crippen LogP contribution in [-0.4, -0.2) is 377 Å². The van der Waals surface area contributed by atoms with E-state index in [0.717, 1.165) is 83.2 Å². The summed E-state index contributed by atoms with van der Waals surface area (Å²) in [6.07, 6.45) is 18.7. The number of carbonyl (C=O) groups excluding carboxylic acids is 1. The minimum absolute atomic E-state index is 0.209. The molecule has 0 bridgehead atoms. The van der Waals surface area contributed by atoms with Crippen molar-refractivity contribution in [1.29, 1.82) is 0 Å². The van der Waals surface area contributed by atoms with Crippen molar-refractivity contribution in [1.82, 2.24) is 72.9 Å². The summed E-state index contributed by atoms with van der Waals surface area (Å²) in [6.45, 7) is 134. The number of nitrogens with zero attached hydrogens (tertiary/aromatic N) is 15. The first kappa shape index (κ1) is 123. The SMILES string of the molecule is C=S(C)(=O)N1CCN(CC(C)(C)C)CC1.CC(=O)N1CCN(CC(C)(C)C)CC1.CC(C)(C)CN1CCCCC1.CC(C)(C)CN1CCCCC1.CC(C)N1CCN(CC(C)(C)C)CC1.CC1CCN(CC(C)(C)C)CC1.CC1CCN(CC(C)(C)C)CC1.CC1CCN(CC(C)(C)C)CC1.CCN1CCN(CC(C)(C)C)CC1.CN1CCN(CC(C)(C)C)CC1. The Morgan fingerprint density at radius 1 is 0.286 bits per heavy atom. The van der Waals surface area contributed by atoms with Crippen molar-refractivity contribution in [2.24, 2.45) is 71.9 Å². The molecule has 10 aliphatic rings. The average molecular weight is 1800 g/mol. The molecule has 0 radical (unpaired) electrons. The number of hydrogen-bond acceptors (Lipinski definition) is 15. The van der Waals surface area contributed by atoms with Gasteiger partial charge in [0.1, 0.15) is 0 Å². The van der Waals surface area contributed by atoms with Crippen LogP contribution >= 0.6 is 0 Å². The van der Waals surface area contributed by atoms with Gasteiger partial charge in [-0.2, -0.15) is 0 Å². The molecule has 1 amide bonds. The van der Waals surface area contributed by atoms with Crippen LogP contribution in [0.1, 0.15) is 333 Å². The van der Waals surface area contributed by atoms with Crippen LogP contribution < -0.4 is 0 Å². The summed E-state index contributed by atoms with van der Waals surface area (Å²) in [4.78, 5) is 46.2. The van der Waals surface area contributed by atoms with Crippen LogP contribution in [0.3, 0.4) is 0 Å². The normalized spacial score (nSPS) is 22.5. The number of carbonyl (C=O) groups is 1. The van der Waals surface area contributed by atoms with Crippen molar-refractivity contribution in [2.75, 3.05) is 282 Å². The lowest BCUT2D eigenvalue weighted by Gasteiger charge is -2.39. The molecule has 0 N–H and O–H groups in total. The summed E-state index contributed by atoms with van der Waals surface area (Å²) < 4.78 is 13.7. The van der Waals surface area contributed by atoms with E-state index in [1.165, 1.54) is 280 Å². The van der Waals surface area contributed by atoms with Crippen LogP contribution in [0.2, 0.25) is 0 Å². The number of amides is 1. The summed E-state index contributed by atoms with van der Waals surface area (Å²) in [5, 5.41) is 0. The largest absolute Gasteiger partial charge is 0.340 e. The highest BCUT2D eigenvalue weighted by molar-refractivity contribution is 7.97. The van der Waals surface area contributed by atoms with E-state index in [1.54, 1.807) is 13.2 Å². The number of rotatable bonds is 13. The van der Waals surface area contributed by atoms with Crippen LogP contribution in [0.15, 0.2) is 0 Å². The van der Waals surface area contributed by atoms with Crippen molar-refractivity contribution >= 4 is 21.5 Å². The molecule has 10 fully saturated rings. The van der Waals surface area contributed by atoms with E-state index < -0.39 is 9.71 Å². The first-order chi connectivity index (χ1) is 57.5. The van der Waals surface area contributed by atoms with Crippen LogP contribution in [-0.2, 0) is 14.5 Å². The first-order valence-electron chi connectivity index (χ1n) is 52.2. The van der Waals surface area contributed by atoms with Crippen molar-refractivity contribution < 1.29 is 9.00 Å². The second-order valence-corrected chi connectivity index (χ2v) is 56.2. The molecule has 754 valence electrons. The molecule has 0 saturated carbocycles. The lowest BCUT2D eigenvalue weighted by atomic mass is 9.93. The Hall–Kier alpha value is -1.07. The molecule has 1 unspecified atom stereocenters. The Morgan fingerprint density at radius 2 is 0.468 bits per heavy atom. The fraction of sp³-hybridized carbons (Fsp3) is 0.981. The molecule has 10 saturated heterocycles. The maximum absolute atomic E-state index is 11.7. The third-order valence-electron chi connectivity index (χ3n) is 24.8.